The Morgan fingerprint density at radius 3 is 2.55 bits per heavy atom. The van der Waals surface area contributed by atoms with Crippen molar-refractivity contribution < 1.29 is 4.79 Å². The Hall–Kier alpha value is -2.59. The standard InChI is InChI=1S/C18H19N3O/c19-20-18(22)12-15-13-21(17-9-5-4-8-16(15)17)11-10-14-6-2-1-3-7-14/h1-9,13H,10-12,19H2,(H,20,22). The van der Waals surface area contributed by atoms with E-state index in [0.29, 0.717) is 6.42 Å². The van der Waals surface area contributed by atoms with E-state index in [9.17, 15) is 4.79 Å². The molecule has 0 aliphatic heterocycles. The summed E-state index contributed by atoms with van der Waals surface area (Å²) in [7, 11) is 0. The third kappa shape index (κ3) is 3.02. The van der Waals surface area contributed by atoms with Gasteiger partial charge in [-0.2, -0.15) is 0 Å². The second kappa shape index (κ2) is 6.45. The largest absolute Gasteiger partial charge is 0.347 e. The maximum atomic E-state index is 11.6. The zero-order valence-corrected chi connectivity index (χ0v) is 12.3. The van der Waals surface area contributed by atoms with Crippen LogP contribution >= 0.6 is 0 Å². The highest BCUT2D eigenvalue weighted by molar-refractivity contribution is 5.89. The van der Waals surface area contributed by atoms with Crippen molar-refractivity contribution in [2.24, 2.45) is 5.84 Å². The van der Waals surface area contributed by atoms with E-state index in [-0.39, 0.29) is 5.91 Å². The fourth-order valence-electron chi connectivity index (χ4n) is 2.77. The van der Waals surface area contributed by atoms with Crippen LogP contribution in [0.25, 0.3) is 10.9 Å². The third-order valence-corrected chi connectivity index (χ3v) is 3.87. The van der Waals surface area contributed by atoms with Gasteiger partial charge in [0.25, 0.3) is 0 Å². The fraction of sp³-hybridized carbons (Fsp3) is 0.167. The molecule has 3 N–H and O–H groups in total. The lowest BCUT2D eigenvalue weighted by atomic mass is 10.1. The topological polar surface area (TPSA) is 60.0 Å². The van der Waals surface area contributed by atoms with Crippen LogP contribution in [-0.2, 0) is 24.2 Å². The van der Waals surface area contributed by atoms with Crippen molar-refractivity contribution in [3.05, 3.63) is 71.9 Å². The zero-order valence-electron chi connectivity index (χ0n) is 12.3. The molecule has 22 heavy (non-hydrogen) atoms. The first-order valence-electron chi connectivity index (χ1n) is 7.38. The average molecular weight is 293 g/mol. The van der Waals surface area contributed by atoms with E-state index < -0.39 is 0 Å². The van der Waals surface area contributed by atoms with Crippen LogP contribution < -0.4 is 11.3 Å². The van der Waals surface area contributed by atoms with Crippen molar-refractivity contribution in [3.8, 4) is 0 Å². The van der Waals surface area contributed by atoms with Gasteiger partial charge in [-0.15, -0.1) is 0 Å². The minimum atomic E-state index is -0.175. The van der Waals surface area contributed by atoms with Crippen molar-refractivity contribution in [3.63, 3.8) is 0 Å². The Kier molecular flexibility index (Phi) is 4.21. The van der Waals surface area contributed by atoms with E-state index in [1.807, 2.05) is 24.3 Å². The van der Waals surface area contributed by atoms with E-state index in [4.69, 9.17) is 5.84 Å². The Bertz CT molecular complexity index is 777. The van der Waals surface area contributed by atoms with Crippen molar-refractivity contribution in [2.45, 2.75) is 19.4 Å². The minimum Gasteiger partial charge on any atom is -0.347 e. The summed E-state index contributed by atoms with van der Waals surface area (Å²) in [4.78, 5) is 11.6. The molecule has 0 bridgehead atoms. The number of carbonyl (C=O) groups excluding carboxylic acids is 1. The third-order valence-electron chi connectivity index (χ3n) is 3.87. The number of rotatable bonds is 5. The van der Waals surface area contributed by atoms with Crippen molar-refractivity contribution in [2.75, 3.05) is 0 Å². The van der Waals surface area contributed by atoms with E-state index >= 15 is 0 Å². The second-order valence-corrected chi connectivity index (χ2v) is 5.34. The van der Waals surface area contributed by atoms with E-state index in [1.54, 1.807) is 0 Å². The Morgan fingerprint density at radius 2 is 1.77 bits per heavy atom. The Labute approximate surface area is 129 Å². The summed E-state index contributed by atoms with van der Waals surface area (Å²) in [6.07, 6.45) is 3.32. The lowest BCUT2D eigenvalue weighted by Crippen LogP contribution is -2.31. The molecule has 2 aromatic carbocycles. The quantitative estimate of drug-likeness (QED) is 0.431. The predicted molar refractivity (Wildman–Crippen MR) is 88.1 cm³/mol. The van der Waals surface area contributed by atoms with Gasteiger partial charge in [0.15, 0.2) is 0 Å². The van der Waals surface area contributed by atoms with Crippen LogP contribution in [0, 0.1) is 0 Å². The summed E-state index contributed by atoms with van der Waals surface area (Å²) in [6, 6.07) is 18.6. The van der Waals surface area contributed by atoms with E-state index in [0.717, 1.165) is 29.4 Å². The molecule has 4 heteroatoms. The van der Waals surface area contributed by atoms with E-state index in [2.05, 4.69) is 46.5 Å². The van der Waals surface area contributed by atoms with Crippen LogP contribution in [0.5, 0.6) is 0 Å². The summed E-state index contributed by atoms with van der Waals surface area (Å²) in [5, 5.41) is 1.11. The molecule has 0 radical (unpaired) electrons. The van der Waals surface area contributed by atoms with Crippen LogP contribution in [0.1, 0.15) is 11.1 Å². The first-order chi connectivity index (χ1) is 10.8. The Morgan fingerprint density at radius 1 is 1.05 bits per heavy atom. The maximum Gasteiger partial charge on any atom is 0.238 e. The molecule has 112 valence electrons. The number of hydrogen-bond acceptors (Lipinski definition) is 2. The second-order valence-electron chi connectivity index (χ2n) is 5.34. The van der Waals surface area contributed by atoms with Gasteiger partial charge in [0.1, 0.15) is 0 Å². The molecule has 1 heterocycles. The molecule has 1 amide bonds. The molecule has 0 saturated heterocycles. The van der Waals surface area contributed by atoms with Crippen molar-refractivity contribution in [1.82, 2.24) is 9.99 Å². The van der Waals surface area contributed by atoms with Gasteiger partial charge < -0.3 is 4.57 Å². The molecule has 0 aliphatic carbocycles. The summed E-state index contributed by atoms with van der Waals surface area (Å²) in [5.41, 5.74) is 5.66. The highest BCUT2D eigenvalue weighted by Crippen LogP contribution is 2.22. The summed E-state index contributed by atoms with van der Waals surface area (Å²) >= 11 is 0. The number of carbonyl (C=O) groups is 1. The highest BCUT2D eigenvalue weighted by Gasteiger charge is 2.11. The molecular formula is C18H19N3O. The number of amides is 1. The molecule has 0 saturated carbocycles. The zero-order chi connectivity index (χ0) is 15.4. The van der Waals surface area contributed by atoms with Gasteiger partial charge in [-0.05, 0) is 23.6 Å². The number of aryl methyl sites for hydroxylation is 2. The lowest BCUT2D eigenvalue weighted by molar-refractivity contribution is -0.120. The van der Waals surface area contributed by atoms with Crippen LogP contribution in [0.15, 0.2) is 60.8 Å². The molecule has 0 fully saturated rings. The van der Waals surface area contributed by atoms with Gasteiger partial charge in [-0.1, -0.05) is 48.5 Å². The molecule has 3 rings (SSSR count). The molecule has 3 aromatic rings. The van der Waals surface area contributed by atoms with Crippen LogP contribution in [0.4, 0.5) is 0 Å². The number of hydrazine groups is 1. The van der Waals surface area contributed by atoms with Gasteiger partial charge in [0, 0.05) is 23.6 Å². The number of aromatic nitrogens is 1. The normalized spacial score (nSPS) is 10.8. The van der Waals surface area contributed by atoms with Crippen LogP contribution in [-0.4, -0.2) is 10.5 Å². The summed E-state index contributed by atoms with van der Waals surface area (Å²) < 4.78 is 2.21. The maximum absolute atomic E-state index is 11.6. The molecular weight excluding hydrogens is 274 g/mol. The first-order valence-corrected chi connectivity index (χ1v) is 7.38. The minimum absolute atomic E-state index is 0.175. The highest BCUT2D eigenvalue weighted by atomic mass is 16.2. The van der Waals surface area contributed by atoms with Gasteiger partial charge in [-0.25, -0.2) is 5.84 Å². The molecule has 0 atom stereocenters. The van der Waals surface area contributed by atoms with Gasteiger partial charge in [0.2, 0.25) is 5.91 Å². The molecule has 0 spiro atoms. The van der Waals surface area contributed by atoms with Crippen molar-refractivity contribution >= 4 is 16.8 Å². The van der Waals surface area contributed by atoms with Crippen LogP contribution in [0.2, 0.25) is 0 Å². The lowest BCUT2D eigenvalue weighted by Gasteiger charge is -2.05. The fourth-order valence-corrected chi connectivity index (χ4v) is 2.77. The summed E-state index contributed by atoms with van der Waals surface area (Å²) in [6.45, 7) is 0.884. The first kappa shape index (κ1) is 14.4. The molecule has 0 unspecified atom stereocenters. The number of fused-ring (bicyclic) bond motifs is 1. The monoisotopic (exact) mass is 293 g/mol. The van der Waals surface area contributed by atoms with Crippen LogP contribution in [0.3, 0.4) is 0 Å². The van der Waals surface area contributed by atoms with Gasteiger partial charge in [0.05, 0.1) is 6.42 Å². The van der Waals surface area contributed by atoms with E-state index in [1.165, 1.54) is 5.56 Å². The smallest absolute Gasteiger partial charge is 0.238 e. The van der Waals surface area contributed by atoms with Gasteiger partial charge in [-0.3, -0.25) is 10.2 Å². The summed E-state index contributed by atoms with van der Waals surface area (Å²) in [5.74, 6) is 5.02. The number of nitrogens with two attached hydrogens (primary N) is 1. The molecule has 1 aromatic heterocycles. The Balaban J connectivity index is 1.87. The van der Waals surface area contributed by atoms with Gasteiger partial charge >= 0.3 is 0 Å². The predicted octanol–water partition coefficient (Wildman–Crippen LogP) is 2.42. The number of benzene rings is 2. The number of nitrogens with one attached hydrogen (secondary N) is 1. The number of hydrogen-bond donors (Lipinski definition) is 2. The average Bonchev–Trinajstić information content (AvgIpc) is 2.92. The molecule has 0 aliphatic rings. The van der Waals surface area contributed by atoms with Crippen molar-refractivity contribution in [1.29, 1.82) is 0 Å². The number of nitrogens with zero attached hydrogens (tertiary/aromatic N) is 1. The number of para-hydroxylation sites is 1. The molecule has 4 nitrogen and oxygen atoms in total. The SMILES string of the molecule is NNC(=O)Cc1cn(CCc2ccccc2)c2ccccc12.